The third-order valence-corrected chi connectivity index (χ3v) is 7.17. The first-order valence-corrected chi connectivity index (χ1v) is 12.4. The lowest BCUT2D eigenvalue weighted by atomic mass is 9.92. The van der Waals surface area contributed by atoms with Gasteiger partial charge in [-0.3, -0.25) is 9.67 Å². The highest BCUT2D eigenvalue weighted by molar-refractivity contribution is 7.17. The van der Waals surface area contributed by atoms with Gasteiger partial charge >= 0.3 is 0 Å². The first-order valence-electron chi connectivity index (χ1n) is 11.5. The van der Waals surface area contributed by atoms with Crippen LogP contribution in [0.2, 0.25) is 0 Å². The van der Waals surface area contributed by atoms with E-state index in [1.165, 1.54) is 11.3 Å². The number of nitrogens with zero attached hydrogens (tertiary/aromatic N) is 5. The normalized spacial score (nSPS) is 15.4. The molecule has 2 N–H and O–H groups in total. The Morgan fingerprint density at radius 1 is 1.09 bits per heavy atom. The van der Waals surface area contributed by atoms with Gasteiger partial charge in [0.2, 0.25) is 0 Å². The molecular formula is C26H24N6OS. The zero-order valence-corrected chi connectivity index (χ0v) is 19.4. The quantitative estimate of drug-likeness (QED) is 0.360. The summed E-state index contributed by atoms with van der Waals surface area (Å²) in [5, 5.41) is 20.9. The average Bonchev–Trinajstić information content (AvgIpc) is 3.51. The Balaban J connectivity index is 1.48. The number of pyridine rings is 1. The third kappa shape index (κ3) is 3.74. The Morgan fingerprint density at radius 3 is 2.79 bits per heavy atom. The van der Waals surface area contributed by atoms with E-state index in [1.54, 1.807) is 17.5 Å². The zero-order chi connectivity index (χ0) is 22.9. The Kier molecular flexibility index (Phi) is 5.52. The maximum Gasteiger partial charge on any atom is 0.181 e. The summed E-state index contributed by atoms with van der Waals surface area (Å²) in [7, 11) is 0. The van der Waals surface area contributed by atoms with Gasteiger partial charge in [0.05, 0.1) is 30.8 Å². The van der Waals surface area contributed by atoms with Gasteiger partial charge in [0.15, 0.2) is 5.82 Å². The first kappa shape index (κ1) is 20.9. The molecule has 0 spiro atoms. The number of anilines is 1. The third-order valence-electron chi connectivity index (χ3n) is 6.30. The Hall–Kier alpha value is -3.62. The van der Waals surface area contributed by atoms with Crippen LogP contribution in [0, 0.1) is 0 Å². The largest absolute Gasteiger partial charge is 0.394 e. The number of thiophene rings is 1. The van der Waals surface area contributed by atoms with Gasteiger partial charge in [0, 0.05) is 28.4 Å². The second-order valence-electron chi connectivity index (χ2n) is 8.39. The molecule has 0 fully saturated rings. The highest BCUT2D eigenvalue weighted by Crippen LogP contribution is 2.40. The fourth-order valence-corrected chi connectivity index (χ4v) is 5.65. The van der Waals surface area contributed by atoms with Crippen LogP contribution in [-0.4, -0.2) is 36.4 Å². The van der Waals surface area contributed by atoms with Crippen molar-refractivity contribution in [2.75, 3.05) is 11.9 Å². The van der Waals surface area contributed by atoms with Crippen LogP contribution >= 0.6 is 11.3 Å². The van der Waals surface area contributed by atoms with Crippen LogP contribution in [0.4, 0.5) is 5.82 Å². The van der Waals surface area contributed by atoms with E-state index in [9.17, 15) is 5.11 Å². The van der Waals surface area contributed by atoms with Crippen molar-refractivity contribution >= 4 is 27.4 Å². The molecule has 1 aromatic carbocycles. The van der Waals surface area contributed by atoms with Crippen LogP contribution in [0.5, 0.6) is 0 Å². The van der Waals surface area contributed by atoms with Crippen molar-refractivity contribution in [1.82, 2.24) is 24.7 Å². The molecule has 0 saturated heterocycles. The minimum atomic E-state index is 0.0848. The lowest BCUT2D eigenvalue weighted by Gasteiger charge is -2.25. The number of fused-ring (bicyclic) bond motifs is 2. The molecule has 1 atom stereocenters. The van der Waals surface area contributed by atoms with E-state index in [1.807, 2.05) is 35.1 Å². The highest BCUT2D eigenvalue weighted by Gasteiger charge is 2.26. The molecule has 0 aliphatic heterocycles. The SMILES string of the molecule is OCCn1ncc2c1CCC[C@@H]2Nc1nc(-c2ccccn2)nc2scc(-c3ccccc3)c12. The maximum absolute atomic E-state index is 9.41. The first-order chi connectivity index (χ1) is 16.8. The van der Waals surface area contributed by atoms with Crippen molar-refractivity contribution in [2.45, 2.75) is 31.8 Å². The van der Waals surface area contributed by atoms with Gasteiger partial charge in [-0.05, 0) is 37.0 Å². The van der Waals surface area contributed by atoms with Gasteiger partial charge in [0.1, 0.15) is 16.3 Å². The molecule has 0 radical (unpaired) electrons. The smallest absolute Gasteiger partial charge is 0.181 e. The molecule has 1 aliphatic rings. The number of nitrogens with one attached hydrogen (secondary N) is 1. The van der Waals surface area contributed by atoms with Gasteiger partial charge in [0.25, 0.3) is 0 Å². The second kappa shape index (κ2) is 8.96. The Labute approximate surface area is 201 Å². The van der Waals surface area contributed by atoms with E-state index < -0.39 is 0 Å². The lowest BCUT2D eigenvalue weighted by Crippen LogP contribution is -2.20. The summed E-state index contributed by atoms with van der Waals surface area (Å²) in [5.74, 6) is 1.43. The molecule has 4 aromatic heterocycles. The predicted molar refractivity (Wildman–Crippen MR) is 135 cm³/mol. The van der Waals surface area contributed by atoms with Gasteiger partial charge < -0.3 is 10.4 Å². The number of aliphatic hydroxyl groups is 1. The second-order valence-corrected chi connectivity index (χ2v) is 9.25. The molecule has 170 valence electrons. The Morgan fingerprint density at radius 2 is 1.97 bits per heavy atom. The number of hydrogen-bond donors (Lipinski definition) is 2. The Bertz CT molecular complexity index is 1430. The summed E-state index contributed by atoms with van der Waals surface area (Å²) in [6.07, 6.45) is 6.72. The highest BCUT2D eigenvalue weighted by atomic mass is 32.1. The number of aliphatic hydroxyl groups excluding tert-OH is 1. The zero-order valence-electron chi connectivity index (χ0n) is 18.6. The van der Waals surface area contributed by atoms with E-state index in [-0.39, 0.29) is 12.6 Å². The summed E-state index contributed by atoms with van der Waals surface area (Å²) in [6.45, 7) is 0.605. The molecule has 1 aliphatic carbocycles. The number of aromatic nitrogens is 5. The van der Waals surface area contributed by atoms with E-state index >= 15 is 0 Å². The molecule has 0 amide bonds. The van der Waals surface area contributed by atoms with Crippen molar-refractivity contribution < 1.29 is 5.11 Å². The molecule has 5 aromatic rings. The number of benzene rings is 1. The average molecular weight is 469 g/mol. The molecule has 4 heterocycles. The molecule has 34 heavy (non-hydrogen) atoms. The van der Waals surface area contributed by atoms with Crippen molar-refractivity contribution in [3.8, 4) is 22.6 Å². The van der Waals surface area contributed by atoms with Gasteiger partial charge in [-0.2, -0.15) is 5.10 Å². The summed E-state index contributed by atoms with van der Waals surface area (Å²) in [6, 6.07) is 16.3. The van der Waals surface area contributed by atoms with Crippen LogP contribution in [0.25, 0.3) is 32.9 Å². The van der Waals surface area contributed by atoms with Gasteiger partial charge in [-0.1, -0.05) is 36.4 Å². The fourth-order valence-electron chi connectivity index (χ4n) is 4.71. The fraction of sp³-hybridized carbons (Fsp3) is 0.231. The summed E-state index contributed by atoms with van der Waals surface area (Å²) >= 11 is 1.63. The molecule has 8 heteroatoms. The van der Waals surface area contributed by atoms with Crippen molar-refractivity contribution in [2.24, 2.45) is 0 Å². The summed E-state index contributed by atoms with van der Waals surface area (Å²) in [4.78, 5) is 15.3. The van der Waals surface area contributed by atoms with E-state index in [0.29, 0.717) is 12.4 Å². The summed E-state index contributed by atoms with van der Waals surface area (Å²) in [5.41, 5.74) is 5.40. The van der Waals surface area contributed by atoms with E-state index in [2.05, 4.69) is 45.0 Å². The van der Waals surface area contributed by atoms with E-state index in [0.717, 1.165) is 52.1 Å². The number of rotatable bonds is 6. The van der Waals surface area contributed by atoms with E-state index in [4.69, 9.17) is 9.97 Å². The van der Waals surface area contributed by atoms with Crippen molar-refractivity contribution in [3.05, 3.63) is 77.6 Å². The maximum atomic E-state index is 9.41. The van der Waals surface area contributed by atoms with Crippen LogP contribution < -0.4 is 5.32 Å². The van der Waals surface area contributed by atoms with Gasteiger partial charge in [-0.25, -0.2) is 9.97 Å². The monoisotopic (exact) mass is 468 g/mol. The molecule has 7 nitrogen and oxygen atoms in total. The molecular weight excluding hydrogens is 444 g/mol. The van der Waals surface area contributed by atoms with Crippen LogP contribution in [0.3, 0.4) is 0 Å². The standard InChI is InChI=1S/C26H24N6OS/c33-14-13-32-22-11-6-10-20(18(22)15-28-32)29-25-23-19(17-7-2-1-3-8-17)16-34-26(23)31-24(30-25)21-9-4-5-12-27-21/h1-5,7-9,12,15-16,20,33H,6,10-11,13-14H2,(H,29,30,31)/t20-/m0/s1. The predicted octanol–water partition coefficient (Wildman–Crippen LogP) is 5.10. The van der Waals surface area contributed by atoms with Crippen molar-refractivity contribution in [3.63, 3.8) is 0 Å². The lowest BCUT2D eigenvalue weighted by molar-refractivity contribution is 0.266. The topological polar surface area (TPSA) is 88.8 Å². The summed E-state index contributed by atoms with van der Waals surface area (Å²) < 4.78 is 1.93. The molecule has 0 bridgehead atoms. The minimum Gasteiger partial charge on any atom is -0.394 e. The van der Waals surface area contributed by atoms with Crippen LogP contribution in [0.15, 0.2) is 66.3 Å². The van der Waals surface area contributed by atoms with Crippen molar-refractivity contribution in [1.29, 1.82) is 0 Å². The van der Waals surface area contributed by atoms with Crippen LogP contribution in [0.1, 0.15) is 30.1 Å². The number of hydrogen-bond acceptors (Lipinski definition) is 7. The van der Waals surface area contributed by atoms with Gasteiger partial charge in [-0.15, -0.1) is 11.3 Å². The molecule has 6 rings (SSSR count). The van der Waals surface area contributed by atoms with Crippen LogP contribution in [-0.2, 0) is 13.0 Å². The minimum absolute atomic E-state index is 0.0848. The molecule has 0 saturated carbocycles. The molecule has 0 unspecified atom stereocenters.